The van der Waals surface area contributed by atoms with Gasteiger partial charge in [-0.2, -0.15) is 0 Å². The van der Waals surface area contributed by atoms with E-state index >= 15 is 0 Å². The number of hydrogen-bond acceptors (Lipinski definition) is 3. The topological polar surface area (TPSA) is 43.6 Å². The maximum absolute atomic E-state index is 5.26. The van der Waals surface area contributed by atoms with Crippen LogP contribution in [0.1, 0.15) is 0 Å². The highest BCUT2D eigenvalue weighted by Gasteiger charge is 2.19. The zero-order valence-corrected chi connectivity index (χ0v) is 29.8. The molecule has 2 aromatic heterocycles. The first-order chi connectivity index (χ1) is 27.3. The lowest BCUT2D eigenvalue weighted by atomic mass is 9.93. The van der Waals surface area contributed by atoms with Crippen LogP contribution < -0.4 is 0 Å². The zero-order valence-electron chi connectivity index (χ0n) is 29.8. The monoisotopic (exact) mass is 700 g/mol. The fraction of sp³-hybridized carbons (Fsp3) is 0. The summed E-state index contributed by atoms with van der Waals surface area (Å²) in [6.07, 6.45) is 0. The van der Waals surface area contributed by atoms with Gasteiger partial charge in [-0.1, -0.05) is 158 Å². The Morgan fingerprint density at radius 1 is 0.291 bits per heavy atom. The molecule has 0 bridgehead atoms. The number of nitrogens with zero attached hydrogens (tertiary/aromatic N) is 4. The smallest absolute Gasteiger partial charge is 0.165 e. The Morgan fingerprint density at radius 3 is 1.64 bits per heavy atom. The van der Waals surface area contributed by atoms with Gasteiger partial charge in [-0.05, 0) is 79.8 Å². The molecule has 0 aliphatic rings. The van der Waals surface area contributed by atoms with E-state index < -0.39 is 0 Å². The highest BCUT2D eigenvalue weighted by atomic mass is 15.0. The number of para-hydroxylation sites is 2. The van der Waals surface area contributed by atoms with Crippen molar-refractivity contribution in [3.63, 3.8) is 0 Å². The van der Waals surface area contributed by atoms with Crippen molar-refractivity contribution in [3.8, 4) is 51.0 Å². The highest BCUT2D eigenvalue weighted by Crippen LogP contribution is 2.40. The van der Waals surface area contributed by atoms with Gasteiger partial charge in [0.15, 0.2) is 17.5 Å². The van der Waals surface area contributed by atoms with Crippen molar-refractivity contribution in [2.75, 3.05) is 0 Å². The predicted molar refractivity (Wildman–Crippen MR) is 228 cm³/mol. The minimum absolute atomic E-state index is 0.638. The van der Waals surface area contributed by atoms with Gasteiger partial charge in [0.05, 0.1) is 11.0 Å². The fourth-order valence-corrected chi connectivity index (χ4v) is 8.21. The molecule has 2 heterocycles. The van der Waals surface area contributed by atoms with Crippen molar-refractivity contribution < 1.29 is 0 Å². The first-order valence-corrected chi connectivity index (χ1v) is 18.6. The molecule has 4 heteroatoms. The standard InChI is InChI=1S/C51H32N4/c1-3-14-35(15-4-1)49-52-50(54-51(53-49)48-41-20-10-8-16-38(41)32-44-40-19-9-7-13-34(40)27-29-43(44)48)36-25-23-33(24-26-36)37-28-30-47-45(31-37)42-21-11-12-22-46(42)55(47)39-17-5-2-6-18-39/h1-32H. The van der Waals surface area contributed by atoms with Crippen LogP contribution in [0.4, 0.5) is 0 Å². The van der Waals surface area contributed by atoms with E-state index in [4.69, 9.17) is 15.0 Å². The van der Waals surface area contributed by atoms with E-state index in [9.17, 15) is 0 Å². The van der Waals surface area contributed by atoms with Crippen LogP contribution in [0, 0.1) is 0 Å². The Labute approximate surface area is 317 Å². The van der Waals surface area contributed by atoms with E-state index in [1.54, 1.807) is 0 Å². The number of aromatic nitrogens is 4. The number of rotatable bonds is 5. The molecule has 0 saturated carbocycles. The quantitative estimate of drug-likeness (QED) is 0.133. The molecule has 55 heavy (non-hydrogen) atoms. The third-order valence-corrected chi connectivity index (χ3v) is 10.8. The lowest BCUT2D eigenvalue weighted by Gasteiger charge is -2.14. The molecule has 0 unspecified atom stereocenters. The van der Waals surface area contributed by atoms with E-state index in [1.807, 2.05) is 18.2 Å². The third-order valence-electron chi connectivity index (χ3n) is 10.8. The van der Waals surface area contributed by atoms with Gasteiger partial charge >= 0.3 is 0 Å². The molecule has 11 aromatic rings. The Hall–Kier alpha value is -7.43. The number of benzene rings is 9. The fourth-order valence-electron chi connectivity index (χ4n) is 8.21. The Morgan fingerprint density at radius 2 is 0.855 bits per heavy atom. The lowest BCUT2D eigenvalue weighted by molar-refractivity contribution is 1.08. The predicted octanol–water partition coefficient (Wildman–Crippen LogP) is 13.1. The minimum Gasteiger partial charge on any atom is -0.309 e. The molecule has 0 saturated heterocycles. The summed E-state index contributed by atoms with van der Waals surface area (Å²) in [5.41, 5.74) is 8.72. The average molecular weight is 701 g/mol. The Kier molecular flexibility index (Phi) is 7.14. The summed E-state index contributed by atoms with van der Waals surface area (Å²) >= 11 is 0. The van der Waals surface area contributed by atoms with Crippen molar-refractivity contribution in [3.05, 3.63) is 194 Å². The maximum Gasteiger partial charge on any atom is 0.165 e. The van der Waals surface area contributed by atoms with Crippen molar-refractivity contribution in [1.29, 1.82) is 0 Å². The second-order valence-corrected chi connectivity index (χ2v) is 14.0. The van der Waals surface area contributed by atoms with E-state index in [-0.39, 0.29) is 0 Å². The van der Waals surface area contributed by atoms with Crippen LogP contribution >= 0.6 is 0 Å². The van der Waals surface area contributed by atoms with Crippen LogP contribution in [0.15, 0.2) is 194 Å². The summed E-state index contributed by atoms with van der Waals surface area (Å²) in [5.74, 6) is 1.94. The minimum atomic E-state index is 0.638. The number of hydrogen-bond donors (Lipinski definition) is 0. The van der Waals surface area contributed by atoms with Crippen molar-refractivity contribution in [2.45, 2.75) is 0 Å². The molecule has 0 spiro atoms. The van der Waals surface area contributed by atoms with Crippen LogP contribution in [0.5, 0.6) is 0 Å². The van der Waals surface area contributed by atoms with E-state index in [1.165, 1.54) is 38.0 Å². The average Bonchev–Trinajstić information content (AvgIpc) is 3.60. The van der Waals surface area contributed by atoms with E-state index in [0.29, 0.717) is 17.5 Å². The summed E-state index contributed by atoms with van der Waals surface area (Å²) in [6, 6.07) is 68.7. The van der Waals surface area contributed by atoms with Gasteiger partial charge in [0.2, 0.25) is 0 Å². The summed E-state index contributed by atoms with van der Waals surface area (Å²) in [7, 11) is 0. The molecule has 0 fully saturated rings. The summed E-state index contributed by atoms with van der Waals surface area (Å²) in [5, 5.41) is 9.45. The molecule has 256 valence electrons. The third kappa shape index (κ3) is 5.19. The molecule has 11 rings (SSSR count). The van der Waals surface area contributed by atoms with Crippen LogP contribution in [0.25, 0.3) is 105 Å². The van der Waals surface area contributed by atoms with Gasteiger partial charge in [0, 0.05) is 33.2 Å². The van der Waals surface area contributed by atoms with Crippen LogP contribution in [-0.2, 0) is 0 Å². The van der Waals surface area contributed by atoms with Gasteiger partial charge in [-0.25, -0.2) is 15.0 Å². The summed E-state index contributed by atoms with van der Waals surface area (Å²) < 4.78 is 2.35. The highest BCUT2D eigenvalue weighted by molar-refractivity contribution is 6.19. The van der Waals surface area contributed by atoms with Gasteiger partial charge in [0.1, 0.15) is 0 Å². The van der Waals surface area contributed by atoms with Gasteiger partial charge < -0.3 is 4.57 Å². The second kappa shape index (κ2) is 12.6. The van der Waals surface area contributed by atoms with Crippen LogP contribution in [0.2, 0.25) is 0 Å². The van der Waals surface area contributed by atoms with Gasteiger partial charge in [-0.3, -0.25) is 0 Å². The first-order valence-electron chi connectivity index (χ1n) is 18.6. The molecular formula is C51H32N4. The van der Waals surface area contributed by atoms with Crippen molar-refractivity contribution in [1.82, 2.24) is 19.5 Å². The normalized spacial score (nSPS) is 11.6. The molecule has 4 nitrogen and oxygen atoms in total. The molecule has 0 atom stereocenters. The Balaban J connectivity index is 1.07. The molecule has 0 aliphatic carbocycles. The summed E-state index contributed by atoms with van der Waals surface area (Å²) in [4.78, 5) is 15.6. The molecule has 9 aromatic carbocycles. The second-order valence-electron chi connectivity index (χ2n) is 14.0. The van der Waals surface area contributed by atoms with Crippen molar-refractivity contribution >= 4 is 54.1 Å². The molecular weight excluding hydrogens is 669 g/mol. The van der Waals surface area contributed by atoms with Gasteiger partial charge in [0.25, 0.3) is 0 Å². The van der Waals surface area contributed by atoms with E-state index in [2.05, 4.69) is 180 Å². The van der Waals surface area contributed by atoms with Crippen molar-refractivity contribution in [2.24, 2.45) is 0 Å². The summed E-state index contributed by atoms with van der Waals surface area (Å²) in [6.45, 7) is 0. The van der Waals surface area contributed by atoms with Gasteiger partial charge in [-0.15, -0.1) is 0 Å². The van der Waals surface area contributed by atoms with Crippen LogP contribution in [0.3, 0.4) is 0 Å². The Bertz CT molecular complexity index is 3240. The molecule has 0 amide bonds. The molecule has 0 aliphatic heterocycles. The largest absolute Gasteiger partial charge is 0.309 e. The molecule has 0 N–H and O–H groups in total. The lowest BCUT2D eigenvalue weighted by Crippen LogP contribution is -2.01. The zero-order chi connectivity index (χ0) is 36.3. The SMILES string of the molecule is c1ccc(-c2nc(-c3ccc(-c4ccc5c(c4)c4ccccc4n5-c4ccccc4)cc3)nc(-c3c4ccccc4cc4c3ccc3ccccc34)n2)cc1. The number of fused-ring (bicyclic) bond motifs is 7. The first kappa shape index (κ1) is 31.1. The maximum atomic E-state index is 5.26. The molecule has 0 radical (unpaired) electrons. The van der Waals surface area contributed by atoms with E-state index in [0.717, 1.165) is 49.7 Å². The van der Waals surface area contributed by atoms with Crippen LogP contribution in [-0.4, -0.2) is 19.5 Å².